The molecule has 7 nitrogen and oxygen atoms in total. The number of hydrogen-bond acceptors (Lipinski definition) is 4. The molecule has 0 amide bonds. The van der Waals surface area contributed by atoms with Crippen molar-refractivity contribution in [2.24, 2.45) is 25.9 Å². The average Bonchev–Trinajstić information content (AvgIpc) is 3.34. The molecule has 2 aromatic rings. The van der Waals surface area contributed by atoms with E-state index in [9.17, 15) is 13.2 Å². The van der Waals surface area contributed by atoms with Gasteiger partial charge in [-0.2, -0.15) is 4.31 Å². The van der Waals surface area contributed by atoms with E-state index in [1.54, 1.807) is 36.6 Å². The van der Waals surface area contributed by atoms with Crippen LogP contribution in [0.25, 0.3) is 11.0 Å². The minimum Gasteiger partial charge on any atom is -0.366 e. The Kier molecular flexibility index (Phi) is 2.97. The molecule has 4 heterocycles. The molecule has 4 atom stereocenters. The normalized spacial score (nSPS) is 31.3. The molecule has 0 N–H and O–H groups in total. The van der Waals surface area contributed by atoms with Crippen LogP contribution in [0, 0.1) is 11.8 Å². The second kappa shape index (κ2) is 4.84. The van der Waals surface area contributed by atoms with Crippen molar-refractivity contribution in [2.45, 2.75) is 17.1 Å². The Morgan fingerprint density at radius 3 is 2.24 bits per heavy atom. The third kappa shape index (κ3) is 1.93. The summed E-state index contributed by atoms with van der Waals surface area (Å²) in [6.07, 6.45) is 4.20. The number of nitrogens with zero attached hydrogens (tertiary/aromatic N) is 3. The summed E-state index contributed by atoms with van der Waals surface area (Å²) in [5.74, 6) is 0.490. The summed E-state index contributed by atoms with van der Waals surface area (Å²) in [6, 6.07) is 4.90. The number of rotatable bonds is 2. The molecule has 2 fully saturated rings. The van der Waals surface area contributed by atoms with E-state index in [0.29, 0.717) is 18.6 Å². The molecule has 1 aromatic heterocycles. The molecular weight excluding hydrogens is 342 g/mol. The lowest BCUT2D eigenvalue weighted by molar-refractivity contribution is 0.0929. The molecule has 0 spiro atoms. The van der Waals surface area contributed by atoms with E-state index in [4.69, 9.17) is 4.74 Å². The summed E-state index contributed by atoms with van der Waals surface area (Å²) in [4.78, 5) is 12.3. The van der Waals surface area contributed by atoms with E-state index >= 15 is 0 Å². The lowest BCUT2D eigenvalue weighted by atomic mass is 9.86. The van der Waals surface area contributed by atoms with Gasteiger partial charge in [0.25, 0.3) is 0 Å². The molecular formula is C17H19N3O4S. The molecule has 132 valence electrons. The van der Waals surface area contributed by atoms with E-state index in [0.717, 1.165) is 5.52 Å². The monoisotopic (exact) mass is 361 g/mol. The van der Waals surface area contributed by atoms with E-state index in [1.807, 2.05) is 12.2 Å². The largest absolute Gasteiger partial charge is 0.366 e. The van der Waals surface area contributed by atoms with Crippen molar-refractivity contribution in [3.05, 3.63) is 40.8 Å². The summed E-state index contributed by atoms with van der Waals surface area (Å²) in [5, 5.41) is 0. The van der Waals surface area contributed by atoms with Crippen molar-refractivity contribution >= 4 is 21.1 Å². The highest BCUT2D eigenvalue weighted by Crippen LogP contribution is 2.44. The Labute approximate surface area is 145 Å². The first-order valence-corrected chi connectivity index (χ1v) is 9.81. The van der Waals surface area contributed by atoms with Crippen LogP contribution in [0.2, 0.25) is 0 Å². The molecule has 2 saturated heterocycles. The third-order valence-corrected chi connectivity index (χ3v) is 7.74. The van der Waals surface area contributed by atoms with Gasteiger partial charge < -0.3 is 4.74 Å². The molecule has 25 heavy (non-hydrogen) atoms. The van der Waals surface area contributed by atoms with Gasteiger partial charge in [0, 0.05) is 39.0 Å². The quantitative estimate of drug-likeness (QED) is 0.728. The van der Waals surface area contributed by atoms with Crippen LogP contribution >= 0.6 is 0 Å². The van der Waals surface area contributed by atoms with Crippen LogP contribution in [-0.4, -0.2) is 47.2 Å². The number of aryl methyl sites for hydroxylation is 2. The van der Waals surface area contributed by atoms with Crippen molar-refractivity contribution in [3.8, 4) is 0 Å². The second-order valence-electron chi connectivity index (χ2n) is 7.15. The molecule has 2 bridgehead atoms. The first kappa shape index (κ1) is 15.4. The van der Waals surface area contributed by atoms with Gasteiger partial charge >= 0.3 is 5.69 Å². The minimum atomic E-state index is -3.59. The Hall–Kier alpha value is -1.90. The van der Waals surface area contributed by atoms with Gasteiger partial charge in [-0.15, -0.1) is 0 Å². The van der Waals surface area contributed by atoms with Gasteiger partial charge in [0.15, 0.2) is 0 Å². The molecule has 0 saturated carbocycles. The number of fused-ring (bicyclic) bond motifs is 6. The predicted octanol–water partition coefficient (Wildman–Crippen LogP) is 0.451. The molecule has 0 radical (unpaired) electrons. The summed E-state index contributed by atoms with van der Waals surface area (Å²) < 4.78 is 36.6. The highest BCUT2D eigenvalue weighted by atomic mass is 32.2. The maximum atomic E-state index is 13.1. The van der Waals surface area contributed by atoms with Crippen LogP contribution in [-0.2, 0) is 28.9 Å². The number of ether oxygens (including phenoxy) is 1. The number of sulfonamides is 1. The molecule has 0 aliphatic carbocycles. The fourth-order valence-electron chi connectivity index (χ4n) is 4.48. The third-order valence-electron chi connectivity index (χ3n) is 5.91. The molecule has 5 rings (SSSR count). The average molecular weight is 361 g/mol. The van der Waals surface area contributed by atoms with E-state index in [-0.39, 0.29) is 34.6 Å². The van der Waals surface area contributed by atoms with Crippen molar-refractivity contribution in [2.75, 3.05) is 13.1 Å². The van der Waals surface area contributed by atoms with Gasteiger partial charge in [0.2, 0.25) is 10.0 Å². The number of aromatic nitrogens is 2. The first-order chi connectivity index (χ1) is 11.9. The van der Waals surface area contributed by atoms with Crippen molar-refractivity contribution < 1.29 is 13.2 Å². The lowest BCUT2D eigenvalue weighted by Crippen LogP contribution is -2.31. The molecule has 3 aliphatic rings. The molecule has 8 heteroatoms. The van der Waals surface area contributed by atoms with E-state index < -0.39 is 10.0 Å². The SMILES string of the molecule is Cn1c(=O)n(C)c2cc(S(=O)(=O)N3CC4C5C=CC(O5)C4C3)ccc21. The fraction of sp³-hybridized carbons (Fsp3) is 0.471. The molecule has 1 aromatic carbocycles. The van der Waals surface area contributed by atoms with Gasteiger partial charge in [0.1, 0.15) is 0 Å². The lowest BCUT2D eigenvalue weighted by Gasteiger charge is -2.19. The van der Waals surface area contributed by atoms with Crippen molar-refractivity contribution in [1.82, 2.24) is 13.4 Å². The highest BCUT2D eigenvalue weighted by Gasteiger charge is 2.52. The number of hydrogen-bond donors (Lipinski definition) is 0. The van der Waals surface area contributed by atoms with Gasteiger partial charge in [0.05, 0.1) is 28.1 Å². The summed E-state index contributed by atoms with van der Waals surface area (Å²) in [6.45, 7) is 0.981. The Morgan fingerprint density at radius 2 is 1.60 bits per heavy atom. The Bertz CT molecular complexity index is 1060. The Balaban J connectivity index is 1.53. The first-order valence-electron chi connectivity index (χ1n) is 8.37. The van der Waals surface area contributed by atoms with Crippen LogP contribution in [0.3, 0.4) is 0 Å². The topological polar surface area (TPSA) is 73.5 Å². The maximum absolute atomic E-state index is 13.1. The van der Waals surface area contributed by atoms with E-state index in [2.05, 4.69) is 0 Å². The fourth-order valence-corrected chi connectivity index (χ4v) is 6.02. The van der Waals surface area contributed by atoms with Gasteiger partial charge in [-0.25, -0.2) is 13.2 Å². The molecule has 3 aliphatic heterocycles. The van der Waals surface area contributed by atoms with Gasteiger partial charge in [-0.1, -0.05) is 12.2 Å². The standard InChI is InChI=1S/C17H19N3O4S/c1-18-13-4-3-10(7-14(13)19(2)17(18)21)25(22,23)20-8-11-12(9-20)16-6-5-15(11)24-16/h3-7,11-12,15-16H,8-9H2,1-2H3. The maximum Gasteiger partial charge on any atom is 0.328 e. The molecule has 4 unspecified atom stereocenters. The summed E-state index contributed by atoms with van der Waals surface area (Å²) >= 11 is 0. The van der Waals surface area contributed by atoms with Crippen LogP contribution in [0.1, 0.15) is 0 Å². The van der Waals surface area contributed by atoms with Crippen LogP contribution in [0.5, 0.6) is 0 Å². The van der Waals surface area contributed by atoms with Crippen LogP contribution < -0.4 is 5.69 Å². The zero-order valence-corrected chi connectivity index (χ0v) is 14.8. The summed E-state index contributed by atoms with van der Waals surface area (Å²) in [5.41, 5.74) is 1.18. The number of imidazole rings is 1. The summed E-state index contributed by atoms with van der Waals surface area (Å²) in [7, 11) is -0.248. The van der Waals surface area contributed by atoms with Crippen LogP contribution in [0.15, 0.2) is 40.0 Å². The zero-order chi connectivity index (χ0) is 17.5. The minimum absolute atomic E-state index is 0.0487. The Morgan fingerprint density at radius 1 is 1.00 bits per heavy atom. The van der Waals surface area contributed by atoms with Crippen molar-refractivity contribution in [1.29, 1.82) is 0 Å². The van der Waals surface area contributed by atoms with E-state index in [1.165, 1.54) is 9.13 Å². The van der Waals surface area contributed by atoms with Crippen molar-refractivity contribution in [3.63, 3.8) is 0 Å². The van der Waals surface area contributed by atoms with Gasteiger partial charge in [-0.05, 0) is 18.2 Å². The van der Waals surface area contributed by atoms with Crippen LogP contribution in [0.4, 0.5) is 0 Å². The smallest absolute Gasteiger partial charge is 0.328 e. The highest BCUT2D eigenvalue weighted by molar-refractivity contribution is 7.89. The van der Waals surface area contributed by atoms with Gasteiger partial charge in [-0.3, -0.25) is 9.13 Å². The number of benzene rings is 1. The second-order valence-corrected chi connectivity index (χ2v) is 9.09. The predicted molar refractivity (Wildman–Crippen MR) is 91.7 cm³/mol. The zero-order valence-electron chi connectivity index (χ0n) is 14.0.